The highest BCUT2D eigenvalue weighted by Crippen LogP contribution is 2.34. The summed E-state index contributed by atoms with van der Waals surface area (Å²) in [5.41, 5.74) is 5.43. The molecule has 0 spiro atoms. The number of thioether (sulfide) groups is 1. The minimum absolute atomic E-state index is 0. The number of fused-ring (bicyclic) bond motifs is 1. The van der Waals surface area contributed by atoms with Gasteiger partial charge in [-0.05, 0) is 93.7 Å². The number of hydrogen-bond donors (Lipinski definition) is 8. The van der Waals surface area contributed by atoms with Crippen LogP contribution in [0.15, 0.2) is 60.7 Å². The van der Waals surface area contributed by atoms with Crippen LogP contribution in [-0.2, 0) is 24.0 Å². The van der Waals surface area contributed by atoms with Crippen molar-refractivity contribution in [1.82, 2.24) is 20.9 Å². The maximum absolute atomic E-state index is 12.9. The van der Waals surface area contributed by atoms with E-state index in [0.717, 1.165) is 12.8 Å². The number of thiol groups is 1. The zero-order valence-electron chi connectivity index (χ0n) is 29.5. The van der Waals surface area contributed by atoms with E-state index in [0.29, 0.717) is 68.1 Å². The number of carboxylic acid groups (broad SMARTS) is 1. The molecule has 2 saturated heterocycles. The number of para-hydroxylation sites is 2. The van der Waals surface area contributed by atoms with Crippen molar-refractivity contribution in [1.29, 1.82) is 0 Å². The Balaban J connectivity index is 0.000000367. The van der Waals surface area contributed by atoms with E-state index < -0.39 is 48.2 Å². The van der Waals surface area contributed by atoms with Crippen molar-refractivity contribution < 1.29 is 48.8 Å². The van der Waals surface area contributed by atoms with E-state index in [1.165, 1.54) is 4.90 Å². The lowest BCUT2D eigenvalue weighted by molar-refractivity contribution is -0.154. The summed E-state index contributed by atoms with van der Waals surface area (Å²) in [5, 5.41) is 36.1. The number of nitrogens with two attached hydrogens (primary N) is 1. The second-order valence-electron chi connectivity index (χ2n) is 12.4. The van der Waals surface area contributed by atoms with Crippen molar-refractivity contribution in [2.45, 2.75) is 94.6 Å². The lowest BCUT2D eigenvalue weighted by Gasteiger charge is -2.39. The van der Waals surface area contributed by atoms with E-state index in [4.69, 9.17) is 15.2 Å². The van der Waals surface area contributed by atoms with Crippen molar-refractivity contribution >= 4 is 54.0 Å². The van der Waals surface area contributed by atoms with Gasteiger partial charge in [-0.3, -0.25) is 19.2 Å². The van der Waals surface area contributed by atoms with Gasteiger partial charge in [0, 0.05) is 0 Å². The van der Waals surface area contributed by atoms with Crippen LogP contribution in [0.25, 0.3) is 0 Å². The molecule has 0 aromatic heterocycles. The number of nitrogens with zero attached hydrogens (tertiary/aromatic N) is 1. The number of aliphatic hydroxyl groups is 2. The molecule has 2 heterocycles. The number of aliphatic hydroxyl groups excluding tert-OH is 1. The molecule has 0 radical (unpaired) electrons. The van der Waals surface area contributed by atoms with Crippen LogP contribution < -0.4 is 31.2 Å². The Labute approximate surface area is 326 Å². The average molecular weight is 794 g/mol. The molecule has 0 aliphatic carbocycles. The zero-order valence-corrected chi connectivity index (χ0v) is 31.2. The second kappa shape index (κ2) is 25.1. The summed E-state index contributed by atoms with van der Waals surface area (Å²) in [7, 11) is 0. The van der Waals surface area contributed by atoms with Crippen molar-refractivity contribution in [3.63, 3.8) is 0 Å². The summed E-state index contributed by atoms with van der Waals surface area (Å²) >= 11 is 5.70. The van der Waals surface area contributed by atoms with Crippen molar-refractivity contribution in [3.05, 3.63) is 60.7 Å². The highest BCUT2D eigenvalue weighted by Gasteiger charge is 2.43. The topological polar surface area (TPSA) is 230 Å². The Hall–Kier alpha value is -4.03. The van der Waals surface area contributed by atoms with E-state index in [1.54, 1.807) is 48.2 Å². The van der Waals surface area contributed by atoms with E-state index in [1.807, 2.05) is 24.3 Å². The fourth-order valence-corrected chi connectivity index (χ4v) is 7.36. The first-order chi connectivity index (χ1) is 25.5. The van der Waals surface area contributed by atoms with Crippen LogP contribution in [-0.4, -0.2) is 117 Å². The lowest BCUT2D eigenvalue weighted by Crippen LogP contribution is -2.57. The van der Waals surface area contributed by atoms with Gasteiger partial charge in [-0.15, -0.1) is 11.8 Å². The molecule has 2 fully saturated rings. The third-order valence-electron chi connectivity index (χ3n) is 8.42. The quantitative estimate of drug-likeness (QED) is 0.0615. The van der Waals surface area contributed by atoms with Gasteiger partial charge < -0.3 is 51.4 Å². The highest BCUT2D eigenvalue weighted by atomic mass is 32.2. The van der Waals surface area contributed by atoms with Gasteiger partial charge in [0.2, 0.25) is 11.8 Å². The number of carbonyl (C=O) groups excluding carboxylic acids is 4. The third kappa shape index (κ3) is 15.8. The normalized spacial score (nSPS) is 18.9. The van der Waals surface area contributed by atoms with Gasteiger partial charge in [-0.1, -0.05) is 43.8 Å². The van der Waals surface area contributed by atoms with E-state index >= 15 is 0 Å². The molecule has 300 valence electrons. The fraction of sp³-hybridized carbons (Fsp3) is 0.541. The Morgan fingerprint density at radius 3 is 2.06 bits per heavy atom. The van der Waals surface area contributed by atoms with Crippen LogP contribution in [0.2, 0.25) is 0 Å². The Morgan fingerprint density at radius 1 is 0.889 bits per heavy atom. The van der Waals surface area contributed by atoms with Gasteiger partial charge in [0.15, 0.2) is 19.5 Å². The van der Waals surface area contributed by atoms with Crippen LogP contribution in [0.1, 0.15) is 58.8 Å². The standard InChI is InChI=1S/C18H29N3O5S.C18H22N2O5S.CH4/c19-10-5-4-8-15(18(24)25)21-17(23)14(9-11-27)20-16(22)12-26-13-6-2-1-3-7-13;21-15(11-25-12-5-2-1-3-6-12)19-13-9-10-26-16-8-4-7-14(18(23)24)20(16)17(13)22;/h1-3,6-7,14-15,18,24-25,27H,4-5,8-12,19H2,(H,20,22)(H,21,23);1-3,5-6,13-14,16H,4,7-11H2,(H,19,21)(H,23,24);1H4. The summed E-state index contributed by atoms with van der Waals surface area (Å²) < 4.78 is 10.8. The number of carbonyl (C=O) groups is 5. The van der Waals surface area contributed by atoms with Gasteiger partial charge >= 0.3 is 5.97 Å². The first-order valence-electron chi connectivity index (χ1n) is 17.6. The molecule has 2 aliphatic rings. The van der Waals surface area contributed by atoms with Crippen LogP contribution in [0.3, 0.4) is 0 Å². The molecule has 4 rings (SSSR count). The molecule has 5 atom stereocenters. The third-order valence-corrected chi connectivity index (χ3v) is 9.99. The highest BCUT2D eigenvalue weighted by molar-refractivity contribution is 7.99. The van der Waals surface area contributed by atoms with E-state index in [9.17, 15) is 39.3 Å². The first kappa shape index (κ1) is 46.1. The average Bonchev–Trinajstić information content (AvgIpc) is 3.31. The van der Waals surface area contributed by atoms with Crippen molar-refractivity contribution in [2.75, 3.05) is 31.3 Å². The van der Waals surface area contributed by atoms with E-state index in [-0.39, 0.29) is 37.8 Å². The fourth-order valence-electron chi connectivity index (χ4n) is 5.71. The molecule has 2 aliphatic heterocycles. The molecule has 17 heteroatoms. The van der Waals surface area contributed by atoms with Gasteiger partial charge in [-0.25, -0.2) is 4.79 Å². The Morgan fingerprint density at radius 2 is 1.50 bits per heavy atom. The number of aliphatic carboxylic acids is 1. The number of benzene rings is 2. The van der Waals surface area contributed by atoms with Gasteiger partial charge in [0.25, 0.3) is 11.8 Å². The number of nitrogens with one attached hydrogen (secondary N) is 3. The van der Waals surface area contributed by atoms with Crippen LogP contribution >= 0.6 is 24.4 Å². The van der Waals surface area contributed by atoms with Crippen LogP contribution in [0.4, 0.5) is 0 Å². The molecule has 2 aromatic carbocycles. The van der Waals surface area contributed by atoms with Crippen LogP contribution in [0.5, 0.6) is 11.5 Å². The molecule has 8 N–H and O–H groups in total. The minimum atomic E-state index is -1.69. The number of rotatable bonds is 18. The predicted molar refractivity (Wildman–Crippen MR) is 209 cm³/mol. The van der Waals surface area contributed by atoms with E-state index in [2.05, 4.69) is 28.6 Å². The number of carboxylic acids is 1. The maximum Gasteiger partial charge on any atom is 0.326 e. The maximum atomic E-state index is 12.9. The van der Waals surface area contributed by atoms with Gasteiger partial charge in [0.1, 0.15) is 29.6 Å². The molecular formula is C37H55N5O10S2. The van der Waals surface area contributed by atoms with Crippen molar-refractivity contribution in [3.8, 4) is 11.5 Å². The molecule has 54 heavy (non-hydrogen) atoms. The Bertz CT molecular complexity index is 1440. The molecular weight excluding hydrogens is 739 g/mol. The lowest BCUT2D eigenvalue weighted by atomic mass is 10.0. The summed E-state index contributed by atoms with van der Waals surface area (Å²) in [6.45, 7) is 0.0670. The summed E-state index contributed by atoms with van der Waals surface area (Å²) in [4.78, 5) is 62.6. The number of hydrogen-bond acceptors (Lipinski definition) is 12. The molecule has 0 bridgehead atoms. The van der Waals surface area contributed by atoms with Gasteiger partial charge in [-0.2, -0.15) is 12.6 Å². The summed E-state index contributed by atoms with van der Waals surface area (Å²) in [6.07, 6.45) is 2.86. The molecule has 5 unspecified atom stereocenters. The minimum Gasteiger partial charge on any atom is -0.484 e. The number of amides is 4. The largest absolute Gasteiger partial charge is 0.484 e. The molecule has 4 amide bonds. The predicted octanol–water partition coefficient (Wildman–Crippen LogP) is 1.91. The monoisotopic (exact) mass is 793 g/mol. The molecule has 2 aromatic rings. The molecule has 15 nitrogen and oxygen atoms in total. The number of unbranched alkanes of at least 4 members (excludes halogenated alkanes) is 1. The first-order valence-corrected chi connectivity index (χ1v) is 19.3. The Kier molecular flexibility index (Phi) is 21.5. The van der Waals surface area contributed by atoms with Gasteiger partial charge in [0.05, 0.1) is 11.4 Å². The number of piperidine rings is 1. The summed E-state index contributed by atoms with van der Waals surface area (Å²) in [6, 6.07) is 14.6. The molecule has 0 saturated carbocycles. The summed E-state index contributed by atoms with van der Waals surface area (Å²) in [5.74, 6) is -0.435. The smallest absolute Gasteiger partial charge is 0.326 e. The second-order valence-corrected chi connectivity index (χ2v) is 14.1. The van der Waals surface area contributed by atoms with Crippen molar-refractivity contribution in [2.24, 2.45) is 5.73 Å². The van der Waals surface area contributed by atoms with Crippen LogP contribution in [0, 0.1) is 0 Å². The SMILES string of the molecule is C.NCCCCC(NC(=O)C(CCS)NC(=O)COc1ccccc1)C(O)O.O=C(COc1ccccc1)NC1CCSC2CCCC(C(=O)O)N2C1=O. The zero-order chi connectivity index (χ0) is 38.6. The number of ether oxygens (including phenoxy) is 2.